The number of aromatic nitrogens is 1. The third-order valence-electron chi connectivity index (χ3n) is 13.1. The summed E-state index contributed by atoms with van der Waals surface area (Å²) in [6.45, 7) is 6.74. The number of carbonyl (C=O) groups excluding carboxylic acids is 1. The van der Waals surface area contributed by atoms with Crippen LogP contribution in [0, 0.1) is 46.3 Å². The van der Waals surface area contributed by atoms with Crippen LogP contribution >= 0.6 is 0 Å². The first-order valence-electron chi connectivity index (χ1n) is 16.5. The molecule has 4 saturated carbocycles. The first kappa shape index (κ1) is 30.6. The van der Waals surface area contributed by atoms with E-state index in [0.29, 0.717) is 18.8 Å². The lowest BCUT2D eigenvalue weighted by atomic mass is 9.43. The number of hydrogen-bond acceptors (Lipinski definition) is 5. The maximum Gasteiger partial charge on any atom is 0.326 e. The Hall–Kier alpha value is -2.42. The molecule has 0 bridgehead atoms. The maximum absolute atomic E-state index is 13.0. The number of para-hydroxylation sites is 1. The van der Waals surface area contributed by atoms with E-state index in [1.54, 1.807) is 0 Å². The lowest BCUT2D eigenvalue weighted by molar-refractivity contribution is -0.207. The lowest BCUT2D eigenvalue weighted by Gasteiger charge is -2.63. The third kappa shape index (κ3) is 5.21. The molecule has 1 aromatic heterocycles. The zero-order chi connectivity index (χ0) is 30.7. The Kier molecular flexibility index (Phi) is 8.18. The highest BCUT2D eigenvalue weighted by molar-refractivity contribution is 5.86. The monoisotopic (exact) mass is 594 g/mol. The number of amides is 1. The van der Waals surface area contributed by atoms with Gasteiger partial charge in [0.2, 0.25) is 5.91 Å². The summed E-state index contributed by atoms with van der Waals surface area (Å²) in [6.07, 6.45) is 7.60. The summed E-state index contributed by atoms with van der Waals surface area (Å²) in [6, 6.07) is 6.73. The van der Waals surface area contributed by atoms with Crippen molar-refractivity contribution < 1.29 is 30.0 Å². The van der Waals surface area contributed by atoms with E-state index in [-0.39, 0.29) is 65.3 Å². The number of aromatic amines is 1. The summed E-state index contributed by atoms with van der Waals surface area (Å²) >= 11 is 0. The molecule has 4 fully saturated rings. The minimum atomic E-state index is -1.05. The van der Waals surface area contributed by atoms with Crippen LogP contribution in [0.1, 0.15) is 84.1 Å². The summed E-state index contributed by atoms with van der Waals surface area (Å²) < 4.78 is 0. The van der Waals surface area contributed by atoms with Crippen LogP contribution < -0.4 is 5.32 Å². The van der Waals surface area contributed by atoms with Crippen LogP contribution in [0.25, 0.3) is 10.9 Å². The van der Waals surface area contributed by atoms with Gasteiger partial charge in [0.25, 0.3) is 0 Å². The second kappa shape index (κ2) is 11.5. The Labute approximate surface area is 254 Å². The van der Waals surface area contributed by atoms with Crippen molar-refractivity contribution in [2.24, 2.45) is 46.3 Å². The number of fused-ring (bicyclic) bond motifs is 6. The number of benzene rings is 1. The molecule has 12 unspecified atom stereocenters. The SMILES string of the molecule is CC(CCC(=O)NC(Cc1c[nH]c2ccccc12)C(=O)O)C1CCC2C3C(O)CC4CC(O)CCC4(C)C3CC(O)C12C. The van der Waals surface area contributed by atoms with Crippen LogP contribution in [0.4, 0.5) is 0 Å². The normalized spacial score (nSPS) is 40.2. The number of hydrogen-bond donors (Lipinski definition) is 6. The van der Waals surface area contributed by atoms with Crippen LogP contribution in [0.2, 0.25) is 0 Å². The molecule has 2 aromatic rings. The number of H-pyrrole nitrogens is 1. The summed E-state index contributed by atoms with van der Waals surface area (Å²) in [7, 11) is 0. The van der Waals surface area contributed by atoms with E-state index in [2.05, 4.69) is 31.1 Å². The molecule has 4 aliphatic rings. The molecule has 0 radical (unpaired) electrons. The molecule has 0 spiro atoms. The predicted octanol–water partition coefficient (Wildman–Crippen LogP) is 4.66. The molecule has 0 aliphatic heterocycles. The molecule has 4 aliphatic carbocycles. The Balaban J connectivity index is 1.10. The van der Waals surface area contributed by atoms with Gasteiger partial charge in [-0.15, -0.1) is 0 Å². The zero-order valence-electron chi connectivity index (χ0n) is 25.8. The summed E-state index contributed by atoms with van der Waals surface area (Å²) in [5.41, 5.74) is 1.52. The second-order valence-electron chi connectivity index (χ2n) is 15.1. The fraction of sp³-hybridized carbons (Fsp3) is 0.714. The smallest absolute Gasteiger partial charge is 0.326 e. The average Bonchev–Trinajstić information content (AvgIpc) is 3.54. The number of rotatable bonds is 8. The lowest BCUT2D eigenvalue weighted by Crippen LogP contribution is -2.62. The maximum atomic E-state index is 13.0. The van der Waals surface area contributed by atoms with Crippen LogP contribution in [0.3, 0.4) is 0 Å². The highest BCUT2D eigenvalue weighted by Crippen LogP contribution is 2.68. The van der Waals surface area contributed by atoms with E-state index in [4.69, 9.17) is 0 Å². The largest absolute Gasteiger partial charge is 0.480 e. The molecular formula is C35H50N2O6. The molecule has 43 heavy (non-hydrogen) atoms. The van der Waals surface area contributed by atoms with Gasteiger partial charge in [-0.1, -0.05) is 39.0 Å². The molecule has 1 aromatic carbocycles. The summed E-state index contributed by atoms with van der Waals surface area (Å²) in [5.74, 6) is 0.0414. The van der Waals surface area contributed by atoms with Crippen molar-refractivity contribution in [1.82, 2.24) is 10.3 Å². The van der Waals surface area contributed by atoms with E-state index < -0.39 is 24.2 Å². The molecule has 236 valence electrons. The van der Waals surface area contributed by atoms with Crippen molar-refractivity contribution in [3.05, 3.63) is 36.0 Å². The summed E-state index contributed by atoms with van der Waals surface area (Å²) in [4.78, 5) is 28.3. The van der Waals surface area contributed by atoms with E-state index in [1.165, 1.54) is 0 Å². The highest BCUT2D eigenvalue weighted by Gasteiger charge is 2.65. The minimum Gasteiger partial charge on any atom is -0.480 e. The van der Waals surface area contributed by atoms with Crippen LogP contribution in [0.5, 0.6) is 0 Å². The van der Waals surface area contributed by atoms with E-state index in [9.17, 15) is 30.0 Å². The van der Waals surface area contributed by atoms with Crippen molar-refractivity contribution in [3.8, 4) is 0 Å². The van der Waals surface area contributed by atoms with Gasteiger partial charge in [0.05, 0.1) is 18.3 Å². The Morgan fingerprint density at radius 1 is 1.05 bits per heavy atom. The standard InChI is InChI=1S/C35H50N2O6/c1-19(8-11-31(41)37-28(33(42)43)14-20-18-36-27-7-5-4-6-23(20)27)24-9-10-25-32-26(17-30(40)35(24,25)3)34(2)13-12-22(38)15-21(34)16-29(32)39/h4-7,18-19,21-22,24-26,28-30,32,36,38-40H,8-17H2,1-3H3,(H,37,41)(H,42,43). The van der Waals surface area contributed by atoms with Gasteiger partial charge in [0, 0.05) is 29.9 Å². The van der Waals surface area contributed by atoms with Gasteiger partial charge in [-0.2, -0.15) is 0 Å². The molecule has 12 atom stereocenters. The molecule has 8 heteroatoms. The van der Waals surface area contributed by atoms with Gasteiger partial charge in [0.1, 0.15) is 6.04 Å². The van der Waals surface area contributed by atoms with E-state index >= 15 is 0 Å². The number of carboxylic acids is 1. The minimum absolute atomic E-state index is 0.0423. The van der Waals surface area contributed by atoms with Crippen LogP contribution in [-0.4, -0.2) is 61.6 Å². The number of carbonyl (C=O) groups is 2. The number of nitrogens with one attached hydrogen (secondary N) is 2. The van der Waals surface area contributed by atoms with E-state index in [1.807, 2.05) is 30.5 Å². The fourth-order valence-corrected chi connectivity index (χ4v) is 10.7. The quantitative estimate of drug-likeness (QED) is 0.263. The first-order chi connectivity index (χ1) is 20.4. The van der Waals surface area contributed by atoms with Crippen molar-refractivity contribution in [2.75, 3.05) is 0 Å². The summed E-state index contributed by atoms with van der Waals surface area (Å²) in [5, 5.41) is 47.3. The first-order valence-corrected chi connectivity index (χ1v) is 16.5. The van der Waals surface area contributed by atoms with Crippen LogP contribution in [-0.2, 0) is 16.0 Å². The zero-order valence-corrected chi connectivity index (χ0v) is 25.8. The van der Waals surface area contributed by atoms with Crippen molar-refractivity contribution >= 4 is 22.8 Å². The molecule has 6 rings (SSSR count). The third-order valence-corrected chi connectivity index (χ3v) is 13.1. The molecule has 1 heterocycles. The van der Waals surface area contributed by atoms with Gasteiger partial charge < -0.3 is 30.7 Å². The highest BCUT2D eigenvalue weighted by atomic mass is 16.4. The van der Waals surface area contributed by atoms with Gasteiger partial charge in [-0.25, -0.2) is 4.79 Å². The fourth-order valence-electron chi connectivity index (χ4n) is 10.7. The molecular weight excluding hydrogens is 544 g/mol. The van der Waals surface area contributed by atoms with Crippen LogP contribution in [0.15, 0.2) is 30.5 Å². The number of carboxylic acid groups (broad SMARTS) is 1. The number of aliphatic hydroxyl groups excluding tert-OH is 3. The predicted molar refractivity (Wildman–Crippen MR) is 164 cm³/mol. The Morgan fingerprint density at radius 3 is 2.58 bits per heavy atom. The van der Waals surface area contributed by atoms with E-state index in [0.717, 1.165) is 55.0 Å². The van der Waals surface area contributed by atoms with Crippen molar-refractivity contribution in [1.29, 1.82) is 0 Å². The topological polar surface area (TPSA) is 143 Å². The number of aliphatic hydroxyl groups is 3. The Bertz CT molecular complexity index is 1340. The average molecular weight is 595 g/mol. The van der Waals surface area contributed by atoms with Crippen molar-refractivity contribution in [3.63, 3.8) is 0 Å². The molecule has 6 N–H and O–H groups in total. The van der Waals surface area contributed by atoms with Gasteiger partial charge in [0.15, 0.2) is 0 Å². The number of aliphatic carboxylic acids is 1. The van der Waals surface area contributed by atoms with Gasteiger partial charge >= 0.3 is 5.97 Å². The van der Waals surface area contributed by atoms with Gasteiger partial charge in [-0.05, 0) is 109 Å². The second-order valence-corrected chi connectivity index (χ2v) is 15.1. The Morgan fingerprint density at radius 2 is 1.81 bits per heavy atom. The molecule has 8 nitrogen and oxygen atoms in total. The molecule has 1 amide bonds. The molecule has 0 saturated heterocycles. The van der Waals surface area contributed by atoms with Crippen molar-refractivity contribution in [2.45, 2.75) is 109 Å². The van der Waals surface area contributed by atoms with Gasteiger partial charge in [-0.3, -0.25) is 4.79 Å².